The van der Waals surface area contributed by atoms with Gasteiger partial charge in [0, 0.05) is 31.4 Å². The molecule has 0 atom stereocenters. The number of nitrogens with one attached hydrogen (secondary N) is 1. The van der Waals surface area contributed by atoms with Crippen LogP contribution in [0.2, 0.25) is 0 Å². The number of carbonyl (C=O) groups excluding carboxylic acids is 2. The van der Waals surface area contributed by atoms with Crippen molar-refractivity contribution in [2.45, 2.75) is 12.8 Å². The quantitative estimate of drug-likeness (QED) is 0.423. The molecule has 0 bridgehead atoms. The van der Waals surface area contributed by atoms with Crippen molar-refractivity contribution in [3.63, 3.8) is 0 Å². The Morgan fingerprint density at radius 1 is 1.09 bits per heavy atom. The zero-order valence-corrected chi connectivity index (χ0v) is 19.3. The standard InChI is InChI=1S/C25H22N4O4S/c1-32-23-8-5-17(15-27-23)28-22(30)13-16-3-6-18(7-4-16)33-20-9-10-26-19-14-21(34-24(19)20)25(31)29-11-2-12-29/h3-10,14-15H,2,11-13H2,1H3,(H,28,30). The molecule has 1 aliphatic heterocycles. The Morgan fingerprint density at radius 2 is 1.91 bits per heavy atom. The van der Waals surface area contributed by atoms with Gasteiger partial charge in [-0.25, -0.2) is 4.98 Å². The molecule has 0 radical (unpaired) electrons. The van der Waals surface area contributed by atoms with Gasteiger partial charge in [-0.1, -0.05) is 12.1 Å². The SMILES string of the molecule is COc1ccc(NC(=O)Cc2ccc(Oc3ccnc4cc(C(=O)N5CCC5)sc34)cc2)cn1. The fraction of sp³-hybridized carbons (Fsp3) is 0.200. The third-order valence-electron chi connectivity index (χ3n) is 5.47. The van der Waals surface area contributed by atoms with E-state index in [4.69, 9.17) is 9.47 Å². The molecule has 0 aliphatic carbocycles. The van der Waals surface area contributed by atoms with Crippen molar-refractivity contribution in [2.75, 3.05) is 25.5 Å². The lowest BCUT2D eigenvalue weighted by atomic mass is 10.1. The fourth-order valence-corrected chi connectivity index (χ4v) is 4.58. The number of likely N-dealkylation sites (tertiary alicyclic amines) is 1. The number of thiophene rings is 1. The number of aromatic nitrogens is 2. The molecule has 1 aromatic carbocycles. The van der Waals surface area contributed by atoms with Crippen LogP contribution in [0.1, 0.15) is 21.7 Å². The van der Waals surface area contributed by atoms with Gasteiger partial charge in [0.15, 0.2) is 0 Å². The molecule has 5 rings (SSSR count). The topological polar surface area (TPSA) is 93.7 Å². The third-order valence-corrected chi connectivity index (χ3v) is 6.60. The number of methoxy groups -OCH3 is 1. The molecule has 172 valence electrons. The first-order valence-corrected chi connectivity index (χ1v) is 11.7. The first-order valence-electron chi connectivity index (χ1n) is 10.8. The van der Waals surface area contributed by atoms with Gasteiger partial charge in [-0.3, -0.25) is 14.6 Å². The number of benzene rings is 1. The average Bonchev–Trinajstić information content (AvgIpc) is 3.25. The van der Waals surface area contributed by atoms with Crippen LogP contribution in [0.25, 0.3) is 10.2 Å². The Morgan fingerprint density at radius 3 is 2.59 bits per heavy atom. The lowest BCUT2D eigenvalue weighted by Gasteiger charge is -2.30. The second-order valence-electron chi connectivity index (χ2n) is 7.84. The minimum Gasteiger partial charge on any atom is -0.481 e. The molecule has 1 saturated heterocycles. The highest BCUT2D eigenvalue weighted by molar-refractivity contribution is 7.21. The van der Waals surface area contributed by atoms with E-state index in [0.717, 1.165) is 35.3 Å². The van der Waals surface area contributed by atoms with Crippen LogP contribution in [0.3, 0.4) is 0 Å². The first-order chi connectivity index (χ1) is 16.6. The number of rotatable bonds is 7. The maximum absolute atomic E-state index is 12.6. The largest absolute Gasteiger partial charge is 0.481 e. The van der Waals surface area contributed by atoms with Gasteiger partial charge in [-0.15, -0.1) is 11.3 Å². The fourth-order valence-electron chi connectivity index (χ4n) is 3.54. The van der Waals surface area contributed by atoms with E-state index >= 15 is 0 Å². The second-order valence-corrected chi connectivity index (χ2v) is 8.89. The lowest BCUT2D eigenvalue weighted by Crippen LogP contribution is -2.41. The molecular weight excluding hydrogens is 452 g/mol. The van der Waals surface area contributed by atoms with E-state index in [1.54, 1.807) is 37.7 Å². The van der Waals surface area contributed by atoms with Crippen molar-refractivity contribution in [3.05, 3.63) is 71.4 Å². The molecule has 4 heterocycles. The molecule has 1 aliphatic rings. The average molecular weight is 475 g/mol. The van der Waals surface area contributed by atoms with Crippen LogP contribution < -0.4 is 14.8 Å². The molecule has 4 aromatic rings. The highest BCUT2D eigenvalue weighted by Gasteiger charge is 2.24. The van der Waals surface area contributed by atoms with Crippen LogP contribution in [0.5, 0.6) is 17.4 Å². The van der Waals surface area contributed by atoms with E-state index in [-0.39, 0.29) is 18.2 Å². The van der Waals surface area contributed by atoms with Gasteiger partial charge in [0.25, 0.3) is 5.91 Å². The highest BCUT2D eigenvalue weighted by atomic mass is 32.1. The Labute approximate surface area is 200 Å². The molecular formula is C25H22N4O4S. The van der Waals surface area contributed by atoms with E-state index in [1.165, 1.54) is 11.3 Å². The van der Waals surface area contributed by atoms with Crippen molar-refractivity contribution in [1.29, 1.82) is 0 Å². The number of amides is 2. The number of fused-ring (bicyclic) bond motifs is 1. The number of pyridine rings is 2. The van der Waals surface area contributed by atoms with E-state index in [0.29, 0.717) is 27.9 Å². The van der Waals surface area contributed by atoms with Gasteiger partial charge < -0.3 is 19.7 Å². The van der Waals surface area contributed by atoms with Gasteiger partial charge in [0.2, 0.25) is 11.8 Å². The Hall–Kier alpha value is -3.98. The molecule has 2 amide bonds. The number of hydrogen-bond donors (Lipinski definition) is 1. The van der Waals surface area contributed by atoms with Crippen molar-refractivity contribution in [3.8, 4) is 17.4 Å². The summed E-state index contributed by atoms with van der Waals surface area (Å²) in [5.74, 6) is 1.68. The normalized spacial score (nSPS) is 12.8. The molecule has 8 nitrogen and oxygen atoms in total. The summed E-state index contributed by atoms with van der Waals surface area (Å²) in [5.41, 5.74) is 2.20. The Balaban J connectivity index is 1.24. The Bertz CT molecular complexity index is 1330. The smallest absolute Gasteiger partial charge is 0.264 e. The molecule has 1 N–H and O–H groups in total. The number of carbonyl (C=O) groups is 2. The zero-order chi connectivity index (χ0) is 23.5. The summed E-state index contributed by atoms with van der Waals surface area (Å²) in [4.78, 5) is 35.9. The molecule has 0 unspecified atom stereocenters. The van der Waals surface area contributed by atoms with Crippen molar-refractivity contribution in [1.82, 2.24) is 14.9 Å². The Kier molecular flexibility index (Phi) is 6.09. The maximum atomic E-state index is 12.6. The minimum atomic E-state index is -0.144. The highest BCUT2D eigenvalue weighted by Crippen LogP contribution is 2.35. The minimum absolute atomic E-state index is 0.0493. The summed E-state index contributed by atoms with van der Waals surface area (Å²) in [5, 5.41) is 2.82. The van der Waals surface area contributed by atoms with Gasteiger partial charge in [-0.2, -0.15) is 0 Å². The summed E-state index contributed by atoms with van der Waals surface area (Å²) in [6.45, 7) is 1.62. The van der Waals surface area contributed by atoms with E-state index in [9.17, 15) is 9.59 Å². The maximum Gasteiger partial charge on any atom is 0.264 e. The predicted octanol–water partition coefficient (Wildman–Crippen LogP) is 4.52. The van der Waals surface area contributed by atoms with Crippen LogP contribution in [0, 0.1) is 0 Å². The molecule has 3 aromatic heterocycles. The van der Waals surface area contributed by atoms with Crippen molar-refractivity contribution >= 4 is 39.1 Å². The number of nitrogens with zero attached hydrogens (tertiary/aromatic N) is 3. The number of ether oxygens (including phenoxy) is 2. The van der Waals surface area contributed by atoms with Gasteiger partial charge in [0.1, 0.15) is 11.5 Å². The molecule has 34 heavy (non-hydrogen) atoms. The van der Waals surface area contributed by atoms with Crippen molar-refractivity contribution < 1.29 is 19.1 Å². The number of anilines is 1. The van der Waals surface area contributed by atoms with Crippen LogP contribution >= 0.6 is 11.3 Å². The monoisotopic (exact) mass is 474 g/mol. The van der Waals surface area contributed by atoms with Crippen LogP contribution in [-0.4, -0.2) is 46.9 Å². The van der Waals surface area contributed by atoms with Gasteiger partial charge in [-0.05, 0) is 36.2 Å². The summed E-state index contributed by atoms with van der Waals surface area (Å²) < 4.78 is 11.9. The van der Waals surface area contributed by atoms with E-state index in [1.807, 2.05) is 35.2 Å². The van der Waals surface area contributed by atoms with E-state index in [2.05, 4.69) is 15.3 Å². The first kappa shape index (κ1) is 21.8. The van der Waals surface area contributed by atoms with E-state index < -0.39 is 0 Å². The number of hydrogen-bond acceptors (Lipinski definition) is 7. The molecule has 0 spiro atoms. The summed E-state index contributed by atoms with van der Waals surface area (Å²) in [6.07, 6.45) is 4.50. The van der Waals surface area contributed by atoms with Crippen LogP contribution in [0.4, 0.5) is 5.69 Å². The van der Waals surface area contributed by atoms with Crippen LogP contribution in [0.15, 0.2) is 60.9 Å². The van der Waals surface area contributed by atoms with Crippen LogP contribution in [-0.2, 0) is 11.2 Å². The summed E-state index contributed by atoms with van der Waals surface area (Å²) >= 11 is 1.40. The molecule has 1 fully saturated rings. The van der Waals surface area contributed by atoms with Crippen molar-refractivity contribution in [2.24, 2.45) is 0 Å². The summed E-state index contributed by atoms with van der Waals surface area (Å²) in [7, 11) is 1.54. The third kappa shape index (κ3) is 4.69. The van der Waals surface area contributed by atoms with Gasteiger partial charge >= 0.3 is 0 Å². The van der Waals surface area contributed by atoms with Gasteiger partial charge in [0.05, 0.1) is 40.5 Å². The zero-order valence-electron chi connectivity index (χ0n) is 18.5. The lowest BCUT2D eigenvalue weighted by molar-refractivity contribution is -0.115. The predicted molar refractivity (Wildman–Crippen MR) is 130 cm³/mol. The molecule has 0 saturated carbocycles. The summed E-state index contributed by atoms with van der Waals surface area (Å²) in [6, 6.07) is 14.4. The molecule has 9 heteroatoms. The second kappa shape index (κ2) is 9.48.